The van der Waals surface area contributed by atoms with Crippen molar-refractivity contribution >= 4 is 11.9 Å². The lowest BCUT2D eigenvalue weighted by Crippen LogP contribution is -2.52. The maximum absolute atomic E-state index is 12.1. The van der Waals surface area contributed by atoms with Crippen LogP contribution < -0.4 is 5.32 Å². The van der Waals surface area contributed by atoms with E-state index < -0.39 is 5.97 Å². The molecule has 20 heavy (non-hydrogen) atoms. The lowest BCUT2D eigenvalue weighted by atomic mass is 9.90. The van der Waals surface area contributed by atoms with Crippen molar-refractivity contribution in [2.45, 2.75) is 65.0 Å². The predicted molar refractivity (Wildman–Crippen MR) is 78.5 cm³/mol. The number of rotatable bonds is 7. The van der Waals surface area contributed by atoms with E-state index >= 15 is 0 Å². The van der Waals surface area contributed by atoms with Crippen LogP contribution in [0.2, 0.25) is 0 Å². The summed E-state index contributed by atoms with van der Waals surface area (Å²) in [4.78, 5) is 25.2. The van der Waals surface area contributed by atoms with Gasteiger partial charge in [-0.05, 0) is 33.1 Å². The Kier molecular flexibility index (Phi) is 6.99. The van der Waals surface area contributed by atoms with Crippen LogP contribution in [-0.2, 0) is 9.59 Å². The second kappa shape index (κ2) is 8.25. The van der Waals surface area contributed by atoms with Gasteiger partial charge in [0, 0.05) is 19.1 Å². The number of aliphatic carboxylic acids is 1. The lowest BCUT2D eigenvalue weighted by Gasteiger charge is -2.39. The van der Waals surface area contributed by atoms with Crippen LogP contribution in [0.4, 0.5) is 0 Å². The van der Waals surface area contributed by atoms with Gasteiger partial charge in [-0.25, -0.2) is 0 Å². The average Bonchev–Trinajstić information content (AvgIpc) is 2.42. The number of carbonyl (C=O) groups is 2. The molecule has 1 heterocycles. The first-order valence-corrected chi connectivity index (χ1v) is 7.73. The number of hydrogen-bond donors (Lipinski definition) is 2. The van der Waals surface area contributed by atoms with E-state index in [0.29, 0.717) is 19.4 Å². The van der Waals surface area contributed by atoms with Crippen molar-refractivity contribution in [1.82, 2.24) is 10.2 Å². The monoisotopic (exact) mass is 284 g/mol. The number of carboxylic acids is 1. The van der Waals surface area contributed by atoms with E-state index in [0.717, 1.165) is 25.8 Å². The Labute approximate surface area is 121 Å². The third-order valence-electron chi connectivity index (χ3n) is 4.23. The maximum Gasteiger partial charge on any atom is 0.306 e. The minimum atomic E-state index is -0.715. The fraction of sp³-hybridized carbons (Fsp3) is 0.867. The molecule has 1 rings (SSSR count). The lowest BCUT2D eigenvalue weighted by molar-refractivity contribution is -0.144. The van der Waals surface area contributed by atoms with Gasteiger partial charge < -0.3 is 10.4 Å². The quantitative estimate of drug-likeness (QED) is 0.700. The van der Waals surface area contributed by atoms with Crippen molar-refractivity contribution in [3.8, 4) is 0 Å². The fourth-order valence-corrected chi connectivity index (χ4v) is 2.87. The van der Waals surface area contributed by atoms with Crippen LogP contribution in [0.1, 0.15) is 52.9 Å². The van der Waals surface area contributed by atoms with Gasteiger partial charge in [0.2, 0.25) is 5.91 Å². The molecule has 0 bridgehead atoms. The normalized spacial score (nSPS) is 25.1. The number of amides is 1. The molecule has 5 heteroatoms. The fourth-order valence-electron chi connectivity index (χ4n) is 2.87. The van der Waals surface area contributed by atoms with Crippen molar-refractivity contribution < 1.29 is 14.7 Å². The summed E-state index contributed by atoms with van der Waals surface area (Å²) in [5.41, 5.74) is 0. The zero-order valence-corrected chi connectivity index (χ0v) is 12.9. The van der Waals surface area contributed by atoms with E-state index in [1.165, 1.54) is 0 Å². The molecule has 0 aromatic rings. The number of unbranched alkanes of at least 4 members (excludes halogenated alkanes) is 2. The molecule has 0 aromatic heterocycles. The molecule has 1 aliphatic heterocycles. The Balaban J connectivity index is 2.41. The number of nitrogens with zero attached hydrogens (tertiary/aromatic N) is 1. The number of nitrogens with one attached hydrogen (secondary N) is 1. The van der Waals surface area contributed by atoms with Crippen LogP contribution in [0.3, 0.4) is 0 Å². The Morgan fingerprint density at radius 3 is 2.65 bits per heavy atom. The highest BCUT2D eigenvalue weighted by Crippen LogP contribution is 2.24. The second-order valence-corrected chi connectivity index (χ2v) is 5.82. The molecule has 0 saturated carbocycles. The zero-order chi connectivity index (χ0) is 15.1. The van der Waals surface area contributed by atoms with E-state index in [2.05, 4.69) is 17.1 Å². The van der Waals surface area contributed by atoms with E-state index in [9.17, 15) is 9.59 Å². The third-order valence-corrected chi connectivity index (χ3v) is 4.23. The minimum absolute atomic E-state index is 0.0572. The second-order valence-electron chi connectivity index (χ2n) is 5.82. The molecule has 0 aromatic carbocycles. The number of carboxylic acid groups (broad SMARTS) is 1. The summed E-state index contributed by atoms with van der Waals surface area (Å²) in [7, 11) is 0. The first-order chi connectivity index (χ1) is 9.47. The first-order valence-electron chi connectivity index (χ1n) is 7.73. The molecular formula is C15H28N2O3. The number of likely N-dealkylation sites (tertiary alicyclic amines) is 1. The minimum Gasteiger partial charge on any atom is -0.481 e. The van der Waals surface area contributed by atoms with Crippen molar-refractivity contribution in [3.63, 3.8) is 0 Å². The summed E-state index contributed by atoms with van der Waals surface area (Å²) < 4.78 is 0. The van der Waals surface area contributed by atoms with E-state index in [1.54, 1.807) is 0 Å². The Morgan fingerprint density at radius 1 is 1.40 bits per heavy atom. The summed E-state index contributed by atoms with van der Waals surface area (Å²) in [6.45, 7) is 7.47. The van der Waals surface area contributed by atoms with Gasteiger partial charge in [-0.3, -0.25) is 14.5 Å². The molecule has 1 aliphatic rings. The third kappa shape index (κ3) is 4.78. The SMILES string of the molecule is CCCCCNC(=O)C(C)N1CCC(C(=O)O)CC1C. The van der Waals surface area contributed by atoms with Crippen LogP contribution in [-0.4, -0.2) is 47.1 Å². The van der Waals surface area contributed by atoms with Gasteiger partial charge in [0.15, 0.2) is 0 Å². The molecule has 0 spiro atoms. The van der Waals surface area contributed by atoms with Crippen molar-refractivity contribution in [2.75, 3.05) is 13.1 Å². The first kappa shape index (κ1) is 17.0. The summed E-state index contributed by atoms with van der Waals surface area (Å²) >= 11 is 0. The van der Waals surface area contributed by atoms with E-state index in [4.69, 9.17) is 5.11 Å². The van der Waals surface area contributed by atoms with Gasteiger partial charge in [-0.1, -0.05) is 19.8 Å². The molecule has 5 nitrogen and oxygen atoms in total. The van der Waals surface area contributed by atoms with Crippen molar-refractivity contribution in [1.29, 1.82) is 0 Å². The smallest absolute Gasteiger partial charge is 0.306 e. The molecular weight excluding hydrogens is 256 g/mol. The molecule has 0 aliphatic carbocycles. The molecule has 1 fully saturated rings. The van der Waals surface area contributed by atoms with Gasteiger partial charge in [-0.2, -0.15) is 0 Å². The molecule has 1 saturated heterocycles. The summed E-state index contributed by atoms with van der Waals surface area (Å²) in [5, 5.41) is 12.0. The van der Waals surface area contributed by atoms with E-state index in [-0.39, 0.29) is 23.9 Å². The van der Waals surface area contributed by atoms with Gasteiger partial charge in [0.1, 0.15) is 0 Å². The van der Waals surface area contributed by atoms with Crippen LogP contribution >= 0.6 is 0 Å². The maximum atomic E-state index is 12.1. The summed E-state index contributed by atoms with van der Waals surface area (Å²) in [6, 6.07) is -0.0392. The highest BCUT2D eigenvalue weighted by Gasteiger charge is 2.34. The van der Waals surface area contributed by atoms with Gasteiger partial charge in [0.05, 0.1) is 12.0 Å². The summed E-state index contributed by atoms with van der Waals surface area (Å²) in [6.07, 6.45) is 4.56. The molecule has 3 unspecified atom stereocenters. The van der Waals surface area contributed by atoms with Crippen molar-refractivity contribution in [3.05, 3.63) is 0 Å². The van der Waals surface area contributed by atoms with Crippen LogP contribution in [0.15, 0.2) is 0 Å². The number of hydrogen-bond acceptors (Lipinski definition) is 3. The standard InChI is InChI=1S/C15H28N2O3/c1-4-5-6-8-16-14(18)12(3)17-9-7-13(15(19)20)10-11(17)2/h11-13H,4-10H2,1-3H3,(H,16,18)(H,19,20). The Hall–Kier alpha value is -1.10. The molecule has 116 valence electrons. The van der Waals surface area contributed by atoms with Crippen LogP contribution in [0, 0.1) is 5.92 Å². The van der Waals surface area contributed by atoms with Gasteiger partial charge >= 0.3 is 5.97 Å². The summed E-state index contributed by atoms with van der Waals surface area (Å²) in [5.74, 6) is -0.920. The number of carbonyl (C=O) groups excluding carboxylic acids is 1. The van der Waals surface area contributed by atoms with Crippen LogP contribution in [0.5, 0.6) is 0 Å². The molecule has 1 amide bonds. The number of piperidine rings is 1. The highest BCUT2D eigenvalue weighted by atomic mass is 16.4. The Morgan fingerprint density at radius 2 is 2.10 bits per heavy atom. The zero-order valence-electron chi connectivity index (χ0n) is 12.9. The topological polar surface area (TPSA) is 69.6 Å². The van der Waals surface area contributed by atoms with Gasteiger partial charge in [-0.15, -0.1) is 0 Å². The van der Waals surface area contributed by atoms with Crippen molar-refractivity contribution in [2.24, 2.45) is 5.92 Å². The Bertz CT molecular complexity index is 333. The molecule has 0 radical (unpaired) electrons. The van der Waals surface area contributed by atoms with Crippen LogP contribution in [0.25, 0.3) is 0 Å². The predicted octanol–water partition coefficient (Wildman–Crippen LogP) is 1.87. The van der Waals surface area contributed by atoms with Gasteiger partial charge in [0.25, 0.3) is 0 Å². The largest absolute Gasteiger partial charge is 0.481 e. The van der Waals surface area contributed by atoms with E-state index in [1.807, 2.05) is 13.8 Å². The molecule has 3 atom stereocenters. The highest BCUT2D eigenvalue weighted by molar-refractivity contribution is 5.81. The average molecular weight is 284 g/mol. The molecule has 2 N–H and O–H groups in total.